The van der Waals surface area contributed by atoms with Gasteiger partial charge in [0.1, 0.15) is 4.90 Å². The number of carbonyl (C=O) groups excluding carboxylic acids is 1. The molecule has 0 spiro atoms. The highest BCUT2D eigenvalue weighted by Gasteiger charge is 2.32. The van der Waals surface area contributed by atoms with Crippen LogP contribution < -0.4 is 0 Å². The molecular weight excluding hydrogens is 429 g/mol. The van der Waals surface area contributed by atoms with Crippen molar-refractivity contribution in [1.29, 1.82) is 0 Å². The largest absolute Gasteiger partial charge is 0.416 e. The predicted molar refractivity (Wildman–Crippen MR) is 102 cm³/mol. The smallest absolute Gasteiger partial charge is 0.340 e. The van der Waals surface area contributed by atoms with E-state index in [0.717, 1.165) is 12.1 Å². The molecule has 0 radical (unpaired) electrons. The van der Waals surface area contributed by atoms with Gasteiger partial charge in [0.25, 0.3) is 0 Å². The first-order valence-electron chi connectivity index (χ1n) is 8.77. The molecule has 1 aliphatic heterocycles. The lowest BCUT2D eigenvalue weighted by molar-refractivity contribution is -0.138. The van der Waals surface area contributed by atoms with Gasteiger partial charge in [-0.2, -0.15) is 17.5 Å². The number of benzene rings is 2. The normalized spacial score (nSPS) is 16.1. The maximum atomic E-state index is 12.8. The third-order valence-electron chi connectivity index (χ3n) is 4.66. The number of sulfonamides is 1. The van der Waals surface area contributed by atoms with Gasteiger partial charge in [-0.05, 0) is 23.8 Å². The Kier molecular flexibility index (Phi) is 6.21. The summed E-state index contributed by atoms with van der Waals surface area (Å²) < 4.78 is 65.2. The molecule has 5 nitrogen and oxygen atoms in total. The predicted octanol–water partition coefficient (Wildman–Crippen LogP) is 3.43. The van der Waals surface area contributed by atoms with Gasteiger partial charge in [-0.3, -0.25) is 4.79 Å². The maximum absolute atomic E-state index is 12.8. The van der Waals surface area contributed by atoms with Gasteiger partial charge in [-0.1, -0.05) is 41.9 Å². The van der Waals surface area contributed by atoms with Crippen LogP contribution in [0, 0.1) is 0 Å². The van der Waals surface area contributed by atoms with Crippen LogP contribution in [0.3, 0.4) is 0 Å². The molecule has 0 atom stereocenters. The monoisotopic (exact) mass is 446 g/mol. The van der Waals surface area contributed by atoms with Gasteiger partial charge in [-0.25, -0.2) is 8.42 Å². The lowest BCUT2D eigenvalue weighted by Gasteiger charge is -2.34. The Morgan fingerprint density at radius 1 is 1.00 bits per heavy atom. The molecule has 1 aliphatic rings. The zero-order valence-corrected chi connectivity index (χ0v) is 16.8. The van der Waals surface area contributed by atoms with Crippen LogP contribution in [0.15, 0.2) is 53.4 Å². The lowest BCUT2D eigenvalue weighted by atomic mass is 10.1. The van der Waals surface area contributed by atoms with E-state index in [2.05, 4.69) is 0 Å². The van der Waals surface area contributed by atoms with Crippen molar-refractivity contribution < 1.29 is 26.4 Å². The molecule has 2 aromatic rings. The van der Waals surface area contributed by atoms with Crippen molar-refractivity contribution in [3.8, 4) is 0 Å². The first kappa shape index (κ1) is 21.6. The van der Waals surface area contributed by atoms with Crippen molar-refractivity contribution in [2.75, 3.05) is 26.2 Å². The van der Waals surface area contributed by atoms with Crippen LogP contribution in [0.5, 0.6) is 0 Å². The van der Waals surface area contributed by atoms with E-state index >= 15 is 0 Å². The highest BCUT2D eigenvalue weighted by atomic mass is 35.5. The summed E-state index contributed by atoms with van der Waals surface area (Å²) in [5.74, 6) is -0.348. The molecule has 1 amide bonds. The van der Waals surface area contributed by atoms with Crippen LogP contribution in [0.1, 0.15) is 11.1 Å². The van der Waals surface area contributed by atoms with Crippen LogP contribution in [-0.2, 0) is 27.4 Å². The average Bonchev–Trinajstić information content (AvgIpc) is 2.68. The number of piperazine rings is 1. The second kappa shape index (κ2) is 8.33. The summed E-state index contributed by atoms with van der Waals surface area (Å²) in [7, 11) is -3.78. The fraction of sp³-hybridized carbons (Fsp3) is 0.316. The van der Waals surface area contributed by atoms with Gasteiger partial charge in [0, 0.05) is 26.2 Å². The van der Waals surface area contributed by atoms with Crippen LogP contribution in [-0.4, -0.2) is 49.7 Å². The zero-order chi connectivity index (χ0) is 21.2. The molecule has 10 heteroatoms. The lowest BCUT2D eigenvalue weighted by Crippen LogP contribution is -2.50. The third-order valence-corrected chi connectivity index (χ3v) is 7.05. The number of hydrogen-bond donors (Lipinski definition) is 0. The first-order valence-corrected chi connectivity index (χ1v) is 10.6. The quantitative estimate of drug-likeness (QED) is 0.723. The third kappa shape index (κ3) is 4.91. The molecule has 156 valence electrons. The van der Waals surface area contributed by atoms with Crippen molar-refractivity contribution >= 4 is 27.5 Å². The fourth-order valence-electron chi connectivity index (χ4n) is 3.11. The Labute approximate surface area is 171 Å². The average molecular weight is 447 g/mol. The highest BCUT2D eigenvalue weighted by Crippen LogP contribution is 2.30. The Bertz CT molecular complexity index is 1000. The molecular formula is C19H18ClF3N2O3S. The van der Waals surface area contributed by atoms with Crippen molar-refractivity contribution in [3.63, 3.8) is 0 Å². The van der Waals surface area contributed by atoms with Gasteiger partial charge >= 0.3 is 6.18 Å². The summed E-state index contributed by atoms with van der Waals surface area (Å²) in [5.41, 5.74) is -0.547. The number of carbonyl (C=O) groups is 1. The molecule has 0 bridgehead atoms. The van der Waals surface area contributed by atoms with Crippen molar-refractivity contribution in [2.24, 2.45) is 0 Å². The molecule has 1 heterocycles. The summed E-state index contributed by atoms with van der Waals surface area (Å²) in [4.78, 5) is 13.9. The van der Waals surface area contributed by atoms with E-state index < -0.39 is 21.8 Å². The summed E-state index contributed by atoms with van der Waals surface area (Å²) >= 11 is 5.99. The van der Waals surface area contributed by atoms with Crippen molar-refractivity contribution in [3.05, 3.63) is 64.7 Å². The van der Waals surface area contributed by atoms with Gasteiger partial charge < -0.3 is 4.90 Å². The minimum Gasteiger partial charge on any atom is -0.340 e. The molecule has 1 fully saturated rings. The molecule has 2 aromatic carbocycles. The number of amides is 1. The van der Waals surface area contributed by atoms with Crippen LogP contribution in [0.4, 0.5) is 13.2 Å². The molecule has 3 rings (SSSR count). The Balaban J connectivity index is 1.64. The summed E-state index contributed by atoms with van der Waals surface area (Å²) in [5, 5.41) is 0.121. The van der Waals surface area contributed by atoms with E-state index in [9.17, 15) is 26.4 Å². The number of nitrogens with zero attached hydrogens (tertiary/aromatic N) is 2. The van der Waals surface area contributed by atoms with E-state index in [-0.39, 0.29) is 54.0 Å². The number of alkyl halides is 3. The highest BCUT2D eigenvalue weighted by molar-refractivity contribution is 7.89. The summed E-state index contributed by atoms with van der Waals surface area (Å²) in [6, 6.07) is 10.7. The molecule has 0 unspecified atom stereocenters. The molecule has 29 heavy (non-hydrogen) atoms. The van der Waals surface area contributed by atoms with Gasteiger partial charge in [-0.15, -0.1) is 0 Å². The van der Waals surface area contributed by atoms with Crippen molar-refractivity contribution in [1.82, 2.24) is 9.21 Å². The van der Waals surface area contributed by atoms with Gasteiger partial charge in [0.05, 0.1) is 17.0 Å². The van der Waals surface area contributed by atoms with E-state index in [1.54, 1.807) is 12.1 Å². The molecule has 0 N–H and O–H groups in total. The number of rotatable bonds is 4. The van der Waals surface area contributed by atoms with Gasteiger partial charge in [0.15, 0.2) is 0 Å². The van der Waals surface area contributed by atoms with Gasteiger partial charge in [0.2, 0.25) is 15.9 Å². The second-order valence-electron chi connectivity index (χ2n) is 6.59. The summed E-state index contributed by atoms with van der Waals surface area (Å²) in [6.45, 7) is 0.479. The fourth-order valence-corrected chi connectivity index (χ4v) is 5.03. The Hall–Kier alpha value is -2.10. The second-order valence-corrected chi connectivity index (χ2v) is 8.90. The minimum absolute atomic E-state index is 0.00501. The molecule has 0 saturated carbocycles. The topological polar surface area (TPSA) is 57.7 Å². The van der Waals surface area contributed by atoms with E-state index in [4.69, 9.17) is 11.6 Å². The zero-order valence-electron chi connectivity index (χ0n) is 15.2. The number of hydrogen-bond acceptors (Lipinski definition) is 3. The maximum Gasteiger partial charge on any atom is 0.416 e. The first-order chi connectivity index (χ1) is 13.6. The standard InChI is InChI=1S/C19H18ClF3N2O3S/c20-16-6-1-2-7-17(16)29(27,28)25-10-8-24(9-11-25)18(26)13-14-4-3-5-15(12-14)19(21,22)23/h1-7,12H,8-11,13H2. The van der Waals surface area contributed by atoms with Crippen LogP contribution in [0.25, 0.3) is 0 Å². The molecule has 1 saturated heterocycles. The SMILES string of the molecule is O=C(Cc1cccc(C(F)(F)F)c1)N1CCN(S(=O)(=O)c2ccccc2Cl)CC1. The summed E-state index contributed by atoms with van der Waals surface area (Å²) in [6.07, 6.45) is -4.65. The van der Waals surface area contributed by atoms with E-state index in [1.807, 2.05) is 0 Å². The number of halogens is 4. The minimum atomic E-state index is -4.47. The van der Waals surface area contributed by atoms with Crippen LogP contribution in [0.2, 0.25) is 5.02 Å². The Morgan fingerprint density at radius 2 is 1.66 bits per heavy atom. The van der Waals surface area contributed by atoms with E-state index in [1.165, 1.54) is 33.5 Å². The van der Waals surface area contributed by atoms with Crippen molar-refractivity contribution in [2.45, 2.75) is 17.5 Å². The molecule has 0 aliphatic carbocycles. The van der Waals surface area contributed by atoms with E-state index in [0.29, 0.717) is 0 Å². The van der Waals surface area contributed by atoms with Crippen LogP contribution >= 0.6 is 11.6 Å². The Morgan fingerprint density at radius 3 is 2.28 bits per heavy atom. The molecule has 0 aromatic heterocycles.